The van der Waals surface area contributed by atoms with Crippen LogP contribution < -0.4 is 10.2 Å². The molecule has 10 atom stereocenters. The highest BCUT2D eigenvalue weighted by atomic mass is 16.7. The summed E-state index contributed by atoms with van der Waals surface area (Å²) in [6, 6.07) is 4.87. The molecule has 3 aromatic rings. The van der Waals surface area contributed by atoms with Gasteiger partial charge in [-0.1, -0.05) is 23.3 Å². The number of phenolic OH excluding ortho intramolecular Hbond substituents is 3. The molecule has 2 aromatic carbocycles. The Morgan fingerprint density at radius 3 is 2.06 bits per heavy atom. The molecule has 0 saturated carbocycles. The summed E-state index contributed by atoms with van der Waals surface area (Å²) >= 11 is 0. The lowest BCUT2D eigenvalue weighted by Gasteiger charge is -2.40. The van der Waals surface area contributed by atoms with E-state index in [-0.39, 0.29) is 17.7 Å². The quantitative estimate of drug-likeness (QED) is 0.119. The van der Waals surface area contributed by atoms with Gasteiger partial charge in [0.1, 0.15) is 77.6 Å². The number of rotatable bonds is 11. The summed E-state index contributed by atoms with van der Waals surface area (Å²) < 4.78 is 23.2. The Morgan fingerprint density at radius 1 is 0.774 bits per heavy atom. The molecular weight excluding hydrogens is 700 g/mol. The lowest BCUT2D eigenvalue weighted by atomic mass is 9.89. The summed E-state index contributed by atoms with van der Waals surface area (Å²) in [4.78, 5) is 14.4. The van der Waals surface area contributed by atoms with Gasteiger partial charge in [-0.25, -0.2) is 0 Å². The number of ether oxygens (including phenoxy) is 3. The lowest BCUT2D eigenvalue weighted by Crippen LogP contribution is -2.60. The number of aromatic hydroxyl groups is 3. The molecule has 3 heterocycles. The van der Waals surface area contributed by atoms with Crippen molar-refractivity contribution in [1.29, 1.82) is 0 Å². The minimum absolute atomic E-state index is 0.0783. The van der Waals surface area contributed by atoms with E-state index >= 15 is 0 Å². The molecule has 16 nitrogen and oxygen atoms in total. The molecular formula is C37H46O16. The van der Waals surface area contributed by atoms with Crippen molar-refractivity contribution in [2.75, 3.05) is 13.2 Å². The molecule has 0 amide bonds. The van der Waals surface area contributed by atoms with E-state index in [2.05, 4.69) is 6.08 Å². The zero-order valence-corrected chi connectivity index (χ0v) is 29.2. The normalized spacial score (nSPS) is 29.3. The maximum Gasteiger partial charge on any atom is 0.239 e. The first-order chi connectivity index (χ1) is 25.1. The van der Waals surface area contributed by atoms with Crippen LogP contribution in [-0.2, 0) is 15.9 Å². The van der Waals surface area contributed by atoms with Crippen molar-refractivity contribution in [2.45, 2.75) is 101 Å². The molecule has 0 spiro atoms. The van der Waals surface area contributed by atoms with Crippen molar-refractivity contribution in [2.24, 2.45) is 0 Å². The number of hydrogen-bond acceptors (Lipinski definition) is 16. The van der Waals surface area contributed by atoms with Crippen LogP contribution in [0.1, 0.15) is 50.8 Å². The van der Waals surface area contributed by atoms with Gasteiger partial charge in [0.15, 0.2) is 11.3 Å². The van der Waals surface area contributed by atoms with Gasteiger partial charge < -0.3 is 74.8 Å². The SMILES string of the molecule is CC(C)=CCCC(C)=CCc1cc(-c2oc3c(C4OC(CO)C(O)C(O)C4O)c(O)cc(O)c3c(=O)c2OC2OC(CO)C(O)C(O)C2O)ccc1O. The molecule has 0 bridgehead atoms. The predicted molar refractivity (Wildman–Crippen MR) is 186 cm³/mol. The number of benzene rings is 2. The van der Waals surface area contributed by atoms with Crippen molar-refractivity contribution < 1.29 is 74.8 Å². The van der Waals surface area contributed by atoms with Crippen LogP contribution in [-0.4, -0.2) is 125 Å². The molecule has 10 unspecified atom stereocenters. The Kier molecular flexibility index (Phi) is 12.5. The zero-order chi connectivity index (χ0) is 38.9. The fourth-order valence-electron chi connectivity index (χ4n) is 6.40. The van der Waals surface area contributed by atoms with E-state index in [4.69, 9.17) is 18.6 Å². The van der Waals surface area contributed by atoms with Gasteiger partial charge in [-0.2, -0.15) is 0 Å². The van der Waals surface area contributed by atoms with Crippen molar-refractivity contribution >= 4 is 11.0 Å². The third kappa shape index (κ3) is 8.07. The molecule has 1 aromatic heterocycles. The Balaban J connectivity index is 1.71. The third-order valence-electron chi connectivity index (χ3n) is 9.48. The molecule has 2 aliphatic heterocycles. The average Bonchev–Trinajstić information content (AvgIpc) is 3.11. The molecule has 2 aliphatic rings. The number of fused-ring (bicyclic) bond motifs is 1. The Morgan fingerprint density at radius 2 is 1.42 bits per heavy atom. The van der Waals surface area contributed by atoms with Crippen LogP contribution >= 0.6 is 0 Å². The smallest absolute Gasteiger partial charge is 0.239 e. The predicted octanol–water partition coefficient (Wildman–Crippen LogP) is 0.506. The van der Waals surface area contributed by atoms with E-state index in [0.29, 0.717) is 5.56 Å². The van der Waals surface area contributed by atoms with Crippen LogP contribution in [0.25, 0.3) is 22.3 Å². The third-order valence-corrected chi connectivity index (χ3v) is 9.48. The summed E-state index contributed by atoms with van der Waals surface area (Å²) in [5, 5.41) is 115. The van der Waals surface area contributed by atoms with E-state index < -0.39 is 119 Å². The molecule has 16 heteroatoms. The summed E-state index contributed by atoms with van der Waals surface area (Å²) in [6.45, 7) is 4.31. The van der Waals surface area contributed by atoms with Crippen LogP contribution in [0.15, 0.2) is 56.8 Å². The number of aliphatic hydroxyl groups excluding tert-OH is 8. The van der Waals surface area contributed by atoms with Gasteiger partial charge >= 0.3 is 0 Å². The first-order valence-electron chi connectivity index (χ1n) is 17.0. The summed E-state index contributed by atoms with van der Waals surface area (Å²) in [7, 11) is 0. The number of aliphatic hydroxyl groups is 8. The Hall–Kier alpha value is -4.07. The average molecular weight is 747 g/mol. The highest BCUT2D eigenvalue weighted by Gasteiger charge is 2.47. The highest BCUT2D eigenvalue weighted by Crippen LogP contribution is 2.46. The van der Waals surface area contributed by atoms with E-state index in [0.717, 1.165) is 24.5 Å². The summed E-state index contributed by atoms with van der Waals surface area (Å²) in [6.07, 6.45) is -11.9. The van der Waals surface area contributed by atoms with Crippen LogP contribution in [0.3, 0.4) is 0 Å². The molecule has 0 aliphatic carbocycles. The fraction of sp³-hybridized carbons (Fsp3) is 0.486. The maximum atomic E-state index is 14.4. The van der Waals surface area contributed by atoms with Crippen molar-refractivity contribution in [3.63, 3.8) is 0 Å². The second-order valence-corrected chi connectivity index (χ2v) is 13.6. The first-order valence-corrected chi connectivity index (χ1v) is 17.0. The molecule has 53 heavy (non-hydrogen) atoms. The topological polar surface area (TPSA) is 280 Å². The largest absolute Gasteiger partial charge is 0.508 e. The van der Waals surface area contributed by atoms with Gasteiger partial charge in [-0.3, -0.25) is 4.79 Å². The van der Waals surface area contributed by atoms with Crippen LogP contribution in [0, 0.1) is 0 Å². The van der Waals surface area contributed by atoms with Gasteiger partial charge in [0, 0.05) is 11.6 Å². The first kappa shape index (κ1) is 40.1. The van der Waals surface area contributed by atoms with Crippen LogP contribution in [0.2, 0.25) is 0 Å². The Labute approximate surface area is 303 Å². The Bertz CT molecular complexity index is 1890. The van der Waals surface area contributed by atoms with Gasteiger partial charge in [0.25, 0.3) is 0 Å². The molecule has 5 rings (SSSR count). The monoisotopic (exact) mass is 746 g/mol. The van der Waals surface area contributed by atoms with Crippen LogP contribution in [0.4, 0.5) is 0 Å². The number of phenols is 3. The molecule has 11 N–H and O–H groups in total. The summed E-state index contributed by atoms with van der Waals surface area (Å²) in [5.41, 5.74) is 0.502. The van der Waals surface area contributed by atoms with Crippen molar-refractivity contribution in [1.82, 2.24) is 0 Å². The lowest BCUT2D eigenvalue weighted by molar-refractivity contribution is -0.277. The van der Waals surface area contributed by atoms with Gasteiger partial charge in [-0.15, -0.1) is 0 Å². The van der Waals surface area contributed by atoms with E-state index in [1.165, 1.54) is 23.8 Å². The minimum Gasteiger partial charge on any atom is -0.508 e. The molecule has 290 valence electrons. The second kappa shape index (κ2) is 16.5. The number of allylic oxidation sites excluding steroid dienone is 4. The van der Waals surface area contributed by atoms with Gasteiger partial charge in [-0.05, 0) is 63.8 Å². The summed E-state index contributed by atoms with van der Waals surface area (Å²) in [5.74, 6) is -2.87. The standard InChI is InChI=1S/C37H46O16/c1-15(2)5-4-6-16(3)7-8-17-11-18(9-10-19(17)40)33-36(53-37-32(49)30(47)27(44)23(14-39)51-37)28(45)24-20(41)12-21(42)25(34(24)52-33)35-31(48)29(46)26(43)22(13-38)50-35/h5,7,9-12,22-23,26-27,29-32,35,37-44,46-49H,4,6,8,13-14H2,1-3H3. The zero-order valence-electron chi connectivity index (χ0n) is 29.2. The van der Waals surface area contributed by atoms with E-state index in [1.807, 2.05) is 26.8 Å². The second-order valence-electron chi connectivity index (χ2n) is 13.6. The minimum atomic E-state index is -1.97. The molecule has 2 saturated heterocycles. The van der Waals surface area contributed by atoms with Gasteiger partial charge in [0.2, 0.25) is 17.5 Å². The van der Waals surface area contributed by atoms with Crippen LogP contribution in [0.5, 0.6) is 23.0 Å². The molecule has 0 radical (unpaired) electrons. The number of hydrogen-bond donors (Lipinski definition) is 11. The van der Waals surface area contributed by atoms with Gasteiger partial charge in [0.05, 0.1) is 18.8 Å². The van der Waals surface area contributed by atoms with E-state index in [9.17, 15) is 61.0 Å². The van der Waals surface area contributed by atoms with E-state index in [1.54, 1.807) is 0 Å². The van der Waals surface area contributed by atoms with Crippen molar-refractivity contribution in [3.8, 4) is 34.3 Å². The highest BCUT2D eigenvalue weighted by molar-refractivity contribution is 5.91. The fourth-order valence-corrected chi connectivity index (χ4v) is 6.40. The van der Waals surface area contributed by atoms with Crippen molar-refractivity contribution in [3.05, 3.63) is 68.9 Å². The maximum absolute atomic E-state index is 14.4. The molecule has 2 fully saturated rings.